The Labute approximate surface area is 116 Å². The van der Waals surface area contributed by atoms with E-state index in [4.69, 9.17) is 10.8 Å². The molecule has 19 heavy (non-hydrogen) atoms. The minimum absolute atomic E-state index is 0.114. The Bertz CT molecular complexity index is 350. The molecule has 0 radical (unpaired) electrons. The van der Waals surface area contributed by atoms with E-state index in [1.807, 2.05) is 0 Å². The molecule has 1 fully saturated rings. The molecule has 0 aromatic carbocycles. The summed E-state index contributed by atoms with van der Waals surface area (Å²) in [4.78, 5) is 2.09. The number of hydrogen-bond donors (Lipinski definition) is 2. The van der Waals surface area contributed by atoms with Gasteiger partial charge in [0.05, 0.1) is 6.61 Å². The molecule has 0 bridgehead atoms. The first kappa shape index (κ1) is 16.8. The zero-order chi connectivity index (χ0) is 14.3. The number of aliphatic hydroxyl groups excluding tert-OH is 1. The Morgan fingerprint density at radius 3 is 2.63 bits per heavy atom. The SMILES string of the molecule is CN(CCCN)S(=O)(=O)N1CCCN(CCO)CC1. The van der Waals surface area contributed by atoms with Gasteiger partial charge in [-0.1, -0.05) is 0 Å². The summed E-state index contributed by atoms with van der Waals surface area (Å²) in [7, 11) is -1.78. The van der Waals surface area contributed by atoms with Crippen LogP contribution in [0.25, 0.3) is 0 Å². The molecule has 1 aliphatic heterocycles. The molecule has 0 spiro atoms. The molecule has 1 saturated heterocycles. The molecular formula is C11H26N4O3S. The highest BCUT2D eigenvalue weighted by atomic mass is 32.2. The van der Waals surface area contributed by atoms with Crippen molar-refractivity contribution in [3.05, 3.63) is 0 Å². The lowest BCUT2D eigenvalue weighted by atomic mass is 10.4. The molecular weight excluding hydrogens is 268 g/mol. The largest absolute Gasteiger partial charge is 0.395 e. The van der Waals surface area contributed by atoms with Gasteiger partial charge in [0, 0.05) is 39.8 Å². The molecule has 114 valence electrons. The summed E-state index contributed by atoms with van der Waals surface area (Å²) in [5, 5.41) is 8.93. The third-order valence-electron chi connectivity index (χ3n) is 3.36. The van der Waals surface area contributed by atoms with Crippen LogP contribution in [0.15, 0.2) is 0 Å². The van der Waals surface area contributed by atoms with Crippen molar-refractivity contribution in [2.45, 2.75) is 12.8 Å². The number of β-amino-alcohol motifs (C(OH)–C–C–N with tert-alkyl or cyclic N) is 1. The van der Waals surface area contributed by atoms with E-state index < -0.39 is 10.2 Å². The van der Waals surface area contributed by atoms with Gasteiger partial charge in [0.15, 0.2) is 0 Å². The summed E-state index contributed by atoms with van der Waals surface area (Å²) >= 11 is 0. The first-order chi connectivity index (χ1) is 9.02. The lowest BCUT2D eigenvalue weighted by molar-refractivity contribution is 0.201. The summed E-state index contributed by atoms with van der Waals surface area (Å²) in [6.07, 6.45) is 1.46. The van der Waals surface area contributed by atoms with Crippen molar-refractivity contribution in [3.8, 4) is 0 Å². The molecule has 7 nitrogen and oxygen atoms in total. The number of aliphatic hydroxyl groups is 1. The highest BCUT2D eigenvalue weighted by molar-refractivity contribution is 7.86. The Kier molecular flexibility index (Phi) is 7.19. The molecule has 0 amide bonds. The molecule has 0 aliphatic carbocycles. The van der Waals surface area contributed by atoms with E-state index in [0.717, 1.165) is 13.0 Å². The lowest BCUT2D eigenvalue weighted by Crippen LogP contribution is -2.44. The van der Waals surface area contributed by atoms with Crippen molar-refractivity contribution in [1.82, 2.24) is 13.5 Å². The van der Waals surface area contributed by atoms with Crippen LogP contribution in [-0.2, 0) is 10.2 Å². The molecule has 0 aromatic heterocycles. The summed E-state index contributed by atoms with van der Waals surface area (Å²) in [5.74, 6) is 0. The number of hydrogen-bond acceptors (Lipinski definition) is 5. The normalized spacial score (nSPS) is 19.8. The Morgan fingerprint density at radius 2 is 2.00 bits per heavy atom. The van der Waals surface area contributed by atoms with E-state index in [1.165, 1.54) is 8.61 Å². The summed E-state index contributed by atoms with van der Waals surface area (Å²) < 4.78 is 27.6. The van der Waals surface area contributed by atoms with E-state index in [0.29, 0.717) is 45.7 Å². The van der Waals surface area contributed by atoms with Crippen molar-refractivity contribution in [3.63, 3.8) is 0 Å². The number of nitrogens with two attached hydrogens (primary N) is 1. The first-order valence-corrected chi connectivity index (χ1v) is 8.16. The number of rotatable bonds is 7. The Morgan fingerprint density at radius 1 is 1.26 bits per heavy atom. The molecule has 1 aliphatic rings. The topological polar surface area (TPSA) is 90.1 Å². The van der Waals surface area contributed by atoms with Crippen LogP contribution in [0.5, 0.6) is 0 Å². The average Bonchev–Trinajstić information content (AvgIpc) is 2.62. The van der Waals surface area contributed by atoms with Gasteiger partial charge in [0.1, 0.15) is 0 Å². The van der Waals surface area contributed by atoms with Gasteiger partial charge in [0.2, 0.25) is 0 Å². The maximum absolute atomic E-state index is 12.4. The fourth-order valence-corrected chi connectivity index (χ4v) is 3.60. The summed E-state index contributed by atoms with van der Waals surface area (Å²) in [6, 6.07) is 0. The fourth-order valence-electron chi connectivity index (χ4n) is 2.17. The zero-order valence-corrected chi connectivity index (χ0v) is 12.5. The lowest BCUT2D eigenvalue weighted by Gasteiger charge is -2.26. The van der Waals surface area contributed by atoms with E-state index in [9.17, 15) is 8.42 Å². The quantitative estimate of drug-likeness (QED) is 0.597. The van der Waals surface area contributed by atoms with Crippen LogP contribution in [0.3, 0.4) is 0 Å². The van der Waals surface area contributed by atoms with Crippen LogP contribution in [-0.4, -0.2) is 86.5 Å². The van der Waals surface area contributed by atoms with E-state index in [-0.39, 0.29) is 6.61 Å². The molecule has 0 atom stereocenters. The van der Waals surface area contributed by atoms with Crippen LogP contribution >= 0.6 is 0 Å². The minimum Gasteiger partial charge on any atom is -0.395 e. The molecule has 0 unspecified atom stereocenters. The summed E-state index contributed by atoms with van der Waals surface area (Å²) in [6.45, 7) is 4.19. The third kappa shape index (κ3) is 4.97. The standard InChI is InChI=1S/C11H26N4O3S/c1-13(5-2-4-12)19(17,18)15-7-3-6-14(8-9-15)10-11-16/h16H,2-12H2,1H3. The van der Waals surface area contributed by atoms with Gasteiger partial charge in [-0.05, 0) is 25.9 Å². The van der Waals surface area contributed by atoms with Crippen molar-refractivity contribution in [2.24, 2.45) is 5.73 Å². The minimum atomic E-state index is -3.37. The van der Waals surface area contributed by atoms with E-state index in [2.05, 4.69) is 4.90 Å². The van der Waals surface area contributed by atoms with Crippen LogP contribution < -0.4 is 5.73 Å². The molecule has 3 N–H and O–H groups in total. The highest BCUT2D eigenvalue weighted by Gasteiger charge is 2.28. The third-order valence-corrected chi connectivity index (χ3v) is 5.35. The monoisotopic (exact) mass is 294 g/mol. The van der Waals surface area contributed by atoms with Crippen molar-refractivity contribution in [1.29, 1.82) is 0 Å². The van der Waals surface area contributed by atoms with Crippen molar-refractivity contribution >= 4 is 10.2 Å². The van der Waals surface area contributed by atoms with Gasteiger partial charge in [0.25, 0.3) is 10.2 Å². The Hall–Kier alpha value is -0.250. The predicted octanol–water partition coefficient (Wildman–Crippen LogP) is -1.49. The van der Waals surface area contributed by atoms with Gasteiger partial charge >= 0.3 is 0 Å². The van der Waals surface area contributed by atoms with Crippen molar-refractivity contribution in [2.75, 3.05) is 59.5 Å². The van der Waals surface area contributed by atoms with E-state index in [1.54, 1.807) is 7.05 Å². The molecule has 1 rings (SSSR count). The Balaban J connectivity index is 2.58. The first-order valence-electron chi connectivity index (χ1n) is 6.77. The van der Waals surface area contributed by atoms with Gasteiger partial charge in [-0.2, -0.15) is 17.0 Å². The van der Waals surface area contributed by atoms with Crippen LogP contribution in [0.4, 0.5) is 0 Å². The van der Waals surface area contributed by atoms with Crippen LogP contribution in [0, 0.1) is 0 Å². The summed E-state index contributed by atoms with van der Waals surface area (Å²) in [5.41, 5.74) is 5.41. The second-order valence-corrected chi connectivity index (χ2v) is 6.82. The predicted molar refractivity (Wildman–Crippen MR) is 74.9 cm³/mol. The van der Waals surface area contributed by atoms with Gasteiger partial charge in [-0.25, -0.2) is 0 Å². The van der Waals surface area contributed by atoms with Gasteiger partial charge in [-0.15, -0.1) is 0 Å². The molecule has 1 heterocycles. The maximum Gasteiger partial charge on any atom is 0.281 e. The maximum atomic E-state index is 12.4. The fraction of sp³-hybridized carbons (Fsp3) is 1.00. The second kappa shape index (κ2) is 8.13. The molecule has 8 heteroatoms. The van der Waals surface area contributed by atoms with Gasteiger partial charge in [-0.3, -0.25) is 4.90 Å². The zero-order valence-electron chi connectivity index (χ0n) is 11.7. The van der Waals surface area contributed by atoms with Gasteiger partial charge < -0.3 is 10.8 Å². The highest BCUT2D eigenvalue weighted by Crippen LogP contribution is 2.11. The molecule has 0 saturated carbocycles. The second-order valence-electron chi connectivity index (χ2n) is 4.79. The van der Waals surface area contributed by atoms with Crippen molar-refractivity contribution < 1.29 is 13.5 Å². The number of nitrogens with zero attached hydrogens (tertiary/aromatic N) is 3. The van der Waals surface area contributed by atoms with E-state index >= 15 is 0 Å². The van der Waals surface area contributed by atoms with Crippen LogP contribution in [0.2, 0.25) is 0 Å². The average molecular weight is 294 g/mol. The van der Waals surface area contributed by atoms with Crippen LogP contribution in [0.1, 0.15) is 12.8 Å². The molecule has 0 aromatic rings. The smallest absolute Gasteiger partial charge is 0.281 e.